The summed E-state index contributed by atoms with van der Waals surface area (Å²) in [5, 5.41) is 7.17. The van der Waals surface area contributed by atoms with Gasteiger partial charge < -0.3 is 19.1 Å². The molecule has 0 bridgehead atoms. The topological polar surface area (TPSA) is 86.4 Å². The molecule has 7 nitrogen and oxygen atoms in total. The summed E-state index contributed by atoms with van der Waals surface area (Å²) in [6, 6.07) is 5.44. The molecule has 28 heavy (non-hydrogen) atoms. The van der Waals surface area contributed by atoms with Crippen LogP contribution in [0.4, 0.5) is 5.82 Å². The first-order chi connectivity index (χ1) is 13.5. The molecule has 3 aromatic rings. The molecule has 1 atom stereocenters. The Morgan fingerprint density at radius 1 is 1.29 bits per heavy atom. The quantitative estimate of drug-likeness (QED) is 0.658. The largest absolute Gasteiger partial charge is 0.449 e. The number of hydrogen-bond acceptors (Lipinski definition) is 6. The van der Waals surface area contributed by atoms with Crippen LogP contribution in [0.2, 0.25) is 0 Å². The first-order valence-electron chi connectivity index (χ1n) is 9.26. The van der Waals surface area contributed by atoms with Crippen LogP contribution in [0.5, 0.6) is 0 Å². The summed E-state index contributed by atoms with van der Waals surface area (Å²) in [7, 11) is 0. The van der Waals surface area contributed by atoms with Crippen LogP contribution in [0, 0.1) is 6.92 Å². The summed E-state index contributed by atoms with van der Waals surface area (Å²) in [6.07, 6.45) is 6.88. The minimum Gasteiger partial charge on any atom is -0.449 e. The number of fused-ring (bicyclic) bond motifs is 1. The Hall–Kier alpha value is -2.87. The smallest absolute Gasteiger partial charge is 0.342 e. The van der Waals surface area contributed by atoms with Crippen molar-refractivity contribution in [2.45, 2.75) is 45.6 Å². The van der Waals surface area contributed by atoms with Gasteiger partial charge in [0.25, 0.3) is 5.91 Å². The average Bonchev–Trinajstić information content (AvgIpc) is 3.40. The lowest BCUT2D eigenvalue weighted by Gasteiger charge is -2.15. The highest BCUT2D eigenvalue weighted by Crippen LogP contribution is 2.37. The lowest BCUT2D eigenvalue weighted by Crippen LogP contribution is -2.30. The van der Waals surface area contributed by atoms with Crippen molar-refractivity contribution >= 4 is 29.0 Å². The molecule has 0 saturated heterocycles. The number of esters is 1. The Kier molecular flexibility index (Phi) is 5.04. The maximum Gasteiger partial charge on any atom is 0.342 e. The number of carbonyl (C=O) groups excluding carboxylic acids is 2. The monoisotopic (exact) mass is 399 g/mol. The van der Waals surface area contributed by atoms with Crippen molar-refractivity contribution in [3.63, 3.8) is 0 Å². The van der Waals surface area contributed by atoms with E-state index in [1.165, 1.54) is 4.88 Å². The second kappa shape index (κ2) is 7.63. The second-order valence-corrected chi connectivity index (χ2v) is 7.92. The Morgan fingerprint density at radius 2 is 2.04 bits per heavy atom. The van der Waals surface area contributed by atoms with E-state index in [4.69, 9.17) is 9.26 Å². The van der Waals surface area contributed by atoms with Crippen LogP contribution in [-0.2, 0) is 22.4 Å². The van der Waals surface area contributed by atoms with Crippen LogP contribution >= 0.6 is 11.3 Å². The molecule has 1 aliphatic rings. The van der Waals surface area contributed by atoms with E-state index in [2.05, 4.69) is 10.5 Å². The summed E-state index contributed by atoms with van der Waals surface area (Å²) in [5.41, 5.74) is 1.64. The van der Waals surface area contributed by atoms with Gasteiger partial charge in [-0.05, 0) is 57.2 Å². The van der Waals surface area contributed by atoms with Crippen LogP contribution in [0.3, 0.4) is 0 Å². The number of rotatable bonds is 5. The fraction of sp³-hybridized carbons (Fsp3) is 0.350. The minimum absolute atomic E-state index is 0.298. The van der Waals surface area contributed by atoms with E-state index < -0.39 is 18.0 Å². The van der Waals surface area contributed by atoms with E-state index in [0.717, 1.165) is 36.2 Å². The molecule has 3 aromatic heterocycles. The Bertz CT molecular complexity index is 1000. The lowest BCUT2D eigenvalue weighted by atomic mass is 9.95. The van der Waals surface area contributed by atoms with Crippen LogP contribution in [-0.4, -0.2) is 27.7 Å². The van der Waals surface area contributed by atoms with Gasteiger partial charge in [0.15, 0.2) is 11.9 Å². The number of amides is 1. The Morgan fingerprint density at radius 3 is 2.75 bits per heavy atom. The van der Waals surface area contributed by atoms with E-state index in [-0.39, 0.29) is 0 Å². The molecule has 0 fully saturated rings. The van der Waals surface area contributed by atoms with E-state index >= 15 is 0 Å². The molecule has 0 aromatic carbocycles. The van der Waals surface area contributed by atoms with Gasteiger partial charge in [0.05, 0.1) is 5.56 Å². The fourth-order valence-corrected chi connectivity index (χ4v) is 4.68. The van der Waals surface area contributed by atoms with Crippen LogP contribution in [0.1, 0.15) is 46.3 Å². The molecule has 1 aliphatic carbocycles. The third-order valence-electron chi connectivity index (χ3n) is 4.73. The summed E-state index contributed by atoms with van der Waals surface area (Å²) in [5.74, 6) is -0.0390. The van der Waals surface area contributed by atoms with Crippen molar-refractivity contribution in [3.05, 3.63) is 52.4 Å². The molecule has 1 N–H and O–H groups in total. The van der Waals surface area contributed by atoms with Gasteiger partial charge in [-0.2, -0.15) is 0 Å². The number of thiophene rings is 1. The fourth-order valence-electron chi connectivity index (χ4n) is 3.34. The third kappa shape index (κ3) is 3.60. The molecule has 8 heteroatoms. The number of aromatic nitrogens is 2. The molecule has 0 spiro atoms. The summed E-state index contributed by atoms with van der Waals surface area (Å²) in [6.45, 7) is 3.28. The normalized spacial score (nSPS) is 14.4. The zero-order chi connectivity index (χ0) is 19.7. The van der Waals surface area contributed by atoms with Crippen LogP contribution in [0.25, 0.3) is 5.00 Å². The predicted octanol–water partition coefficient (Wildman–Crippen LogP) is 3.90. The number of carbonyl (C=O) groups is 2. The van der Waals surface area contributed by atoms with Gasteiger partial charge >= 0.3 is 5.97 Å². The molecule has 0 saturated carbocycles. The number of nitrogens with zero attached hydrogens (tertiary/aromatic N) is 2. The highest BCUT2D eigenvalue weighted by Gasteiger charge is 2.29. The first-order valence-corrected chi connectivity index (χ1v) is 10.1. The van der Waals surface area contributed by atoms with E-state index in [1.807, 2.05) is 29.1 Å². The van der Waals surface area contributed by atoms with Crippen molar-refractivity contribution in [2.75, 3.05) is 5.32 Å². The van der Waals surface area contributed by atoms with Crippen molar-refractivity contribution < 1.29 is 18.8 Å². The summed E-state index contributed by atoms with van der Waals surface area (Å²) in [4.78, 5) is 26.6. The zero-order valence-electron chi connectivity index (χ0n) is 15.7. The minimum atomic E-state index is -0.957. The van der Waals surface area contributed by atoms with Gasteiger partial charge in [-0.25, -0.2) is 4.79 Å². The van der Waals surface area contributed by atoms with Crippen molar-refractivity contribution in [1.29, 1.82) is 0 Å². The molecule has 146 valence electrons. The van der Waals surface area contributed by atoms with Gasteiger partial charge in [0.2, 0.25) is 0 Å². The highest BCUT2D eigenvalue weighted by atomic mass is 32.1. The SMILES string of the molecule is Cc1cc(NC(=O)[C@H](C)OC(=O)c2c(-n3cccc3)sc3c2CCCC3)no1. The van der Waals surface area contributed by atoms with Gasteiger partial charge in [-0.3, -0.25) is 4.79 Å². The maximum atomic E-state index is 13.0. The maximum absolute atomic E-state index is 13.0. The van der Waals surface area contributed by atoms with E-state index in [0.29, 0.717) is 17.1 Å². The number of aryl methyl sites for hydroxylation is 2. The highest BCUT2D eigenvalue weighted by molar-refractivity contribution is 7.15. The molecule has 0 unspecified atom stereocenters. The van der Waals surface area contributed by atoms with Gasteiger partial charge in [0.1, 0.15) is 10.8 Å². The molecular formula is C20H21N3O4S. The lowest BCUT2D eigenvalue weighted by molar-refractivity contribution is -0.123. The number of anilines is 1. The second-order valence-electron chi connectivity index (χ2n) is 6.84. The number of ether oxygens (including phenoxy) is 1. The summed E-state index contributed by atoms with van der Waals surface area (Å²) < 4.78 is 12.4. The van der Waals surface area contributed by atoms with Gasteiger partial charge in [-0.15, -0.1) is 11.3 Å². The number of hydrogen-bond donors (Lipinski definition) is 1. The molecule has 0 radical (unpaired) electrons. The van der Waals surface area contributed by atoms with Crippen LogP contribution in [0.15, 0.2) is 35.1 Å². The van der Waals surface area contributed by atoms with Gasteiger partial charge in [-0.1, -0.05) is 5.16 Å². The Labute approximate surface area is 166 Å². The van der Waals surface area contributed by atoms with Gasteiger partial charge in [0, 0.05) is 23.3 Å². The first kappa shape index (κ1) is 18.5. The molecular weight excluding hydrogens is 378 g/mol. The van der Waals surface area contributed by atoms with E-state index in [9.17, 15) is 9.59 Å². The standard InChI is InChI=1S/C20H21N3O4S/c1-12-11-16(22-27-12)21-18(24)13(2)26-20(25)17-14-7-3-4-8-15(14)28-19(17)23-9-5-6-10-23/h5-6,9-11,13H,3-4,7-8H2,1-2H3,(H,21,22,24)/t13-/m0/s1. The zero-order valence-corrected chi connectivity index (χ0v) is 16.5. The van der Waals surface area contributed by atoms with Crippen molar-refractivity contribution in [2.24, 2.45) is 0 Å². The number of nitrogens with one attached hydrogen (secondary N) is 1. The summed E-state index contributed by atoms with van der Waals surface area (Å²) >= 11 is 1.63. The molecule has 3 heterocycles. The predicted molar refractivity (Wildman–Crippen MR) is 105 cm³/mol. The third-order valence-corrected chi connectivity index (χ3v) is 6.03. The molecule has 1 amide bonds. The molecule has 0 aliphatic heterocycles. The van der Waals surface area contributed by atoms with Crippen molar-refractivity contribution in [1.82, 2.24) is 9.72 Å². The Balaban J connectivity index is 1.55. The molecule has 4 rings (SSSR count). The van der Waals surface area contributed by atoms with E-state index in [1.54, 1.807) is 31.3 Å². The average molecular weight is 399 g/mol. The van der Waals surface area contributed by atoms with Crippen molar-refractivity contribution in [3.8, 4) is 5.00 Å². The van der Waals surface area contributed by atoms with Crippen LogP contribution < -0.4 is 5.32 Å².